The number of carbonyl (C=O) groups excluding carboxylic acids is 1. The van der Waals surface area contributed by atoms with Crippen LogP contribution in [0.3, 0.4) is 0 Å². The predicted octanol–water partition coefficient (Wildman–Crippen LogP) is 4.63. The van der Waals surface area contributed by atoms with Crippen LogP contribution in [-0.4, -0.2) is 11.6 Å². The summed E-state index contributed by atoms with van der Waals surface area (Å²) in [6.07, 6.45) is 9.09. The van der Waals surface area contributed by atoms with Crippen molar-refractivity contribution in [2.45, 2.75) is 77.7 Å². The van der Waals surface area contributed by atoms with Crippen LogP contribution < -0.4 is 0 Å². The summed E-state index contributed by atoms with van der Waals surface area (Å²) in [5.74, 6) is 0.453. The van der Waals surface area contributed by atoms with Crippen molar-refractivity contribution in [3.8, 4) is 0 Å². The number of carbonyl (C=O) groups is 1. The quantitative estimate of drug-likeness (QED) is 0.405. The molecule has 1 aliphatic carbocycles. The van der Waals surface area contributed by atoms with Gasteiger partial charge in [0.1, 0.15) is 5.60 Å². The minimum Gasteiger partial charge on any atom is -0.456 e. The molecule has 0 N–H and O–H groups in total. The Bertz CT molecular complexity index is 283. The van der Waals surface area contributed by atoms with Crippen LogP contribution in [0.1, 0.15) is 72.1 Å². The molecule has 0 heterocycles. The van der Waals surface area contributed by atoms with Gasteiger partial charge in [-0.1, -0.05) is 33.3 Å². The lowest BCUT2D eigenvalue weighted by molar-refractivity contribution is -0.157. The van der Waals surface area contributed by atoms with Crippen LogP contribution in [0.4, 0.5) is 0 Å². The van der Waals surface area contributed by atoms with Crippen LogP contribution in [0.2, 0.25) is 0 Å². The lowest BCUT2D eigenvalue weighted by atomic mass is 9.86. The third-order valence-corrected chi connectivity index (χ3v) is 3.85. The first-order valence-corrected chi connectivity index (χ1v) is 7.34. The van der Waals surface area contributed by atoms with E-state index in [4.69, 9.17) is 4.74 Å². The summed E-state index contributed by atoms with van der Waals surface area (Å²) in [5.41, 5.74) is 0.305. The van der Waals surface area contributed by atoms with E-state index in [1.807, 2.05) is 0 Å². The van der Waals surface area contributed by atoms with Crippen LogP contribution in [0.5, 0.6) is 0 Å². The Morgan fingerprint density at radius 2 is 1.78 bits per heavy atom. The molecule has 0 aromatic heterocycles. The number of hydrogen-bond donors (Lipinski definition) is 0. The van der Waals surface area contributed by atoms with Gasteiger partial charge in [0.2, 0.25) is 0 Å². The maximum atomic E-state index is 11.9. The zero-order chi connectivity index (χ0) is 13.6. The molecule has 2 heteroatoms. The first kappa shape index (κ1) is 15.3. The Balaban J connectivity index is 2.71. The number of hydrogen-bond acceptors (Lipinski definition) is 2. The SMILES string of the molecule is C=C(C)C(=O)OC1(CCC(C)C)CCCCCC1. The molecule has 1 aliphatic rings. The molecule has 0 spiro atoms. The molecule has 0 radical (unpaired) electrons. The van der Waals surface area contributed by atoms with Gasteiger partial charge >= 0.3 is 5.97 Å². The Morgan fingerprint density at radius 1 is 1.22 bits per heavy atom. The second-order valence-corrected chi connectivity index (χ2v) is 6.20. The highest BCUT2D eigenvalue weighted by molar-refractivity contribution is 5.87. The van der Waals surface area contributed by atoms with Gasteiger partial charge in [-0.15, -0.1) is 0 Å². The van der Waals surface area contributed by atoms with E-state index in [0.29, 0.717) is 11.5 Å². The summed E-state index contributed by atoms with van der Waals surface area (Å²) in [6.45, 7) is 9.88. The largest absolute Gasteiger partial charge is 0.456 e. The summed E-state index contributed by atoms with van der Waals surface area (Å²) in [6, 6.07) is 0. The predicted molar refractivity (Wildman–Crippen MR) is 75.4 cm³/mol. The van der Waals surface area contributed by atoms with Crippen molar-refractivity contribution in [1.82, 2.24) is 0 Å². The highest BCUT2D eigenvalue weighted by Crippen LogP contribution is 2.36. The van der Waals surface area contributed by atoms with Gasteiger partial charge in [-0.2, -0.15) is 0 Å². The van der Waals surface area contributed by atoms with E-state index in [9.17, 15) is 4.79 Å². The topological polar surface area (TPSA) is 26.3 Å². The van der Waals surface area contributed by atoms with Crippen molar-refractivity contribution in [1.29, 1.82) is 0 Å². The maximum Gasteiger partial charge on any atom is 0.333 e. The fraction of sp³-hybridized carbons (Fsp3) is 0.812. The van der Waals surface area contributed by atoms with E-state index in [1.165, 1.54) is 25.7 Å². The second kappa shape index (κ2) is 6.96. The van der Waals surface area contributed by atoms with Crippen molar-refractivity contribution in [2.24, 2.45) is 5.92 Å². The zero-order valence-corrected chi connectivity index (χ0v) is 12.3. The van der Waals surface area contributed by atoms with Crippen molar-refractivity contribution >= 4 is 5.97 Å². The van der Waals surface area contributed by atoms with Gasteiger partial charge in [0.05, 0.1) is 0 Å². The summed E-state index contributed by atoms with van der Waals surface area (Å²) >= 11 is 0. The monoisotopic (exact) mass is 252 g/mol. The van der Waals surface area contributed by atoms with Crippen molar-refractivity contribution in [3.05, 3.63) is 12.2 Å². The highest BCUT2D eigenvalue weighted by Gasteiger charge is 2.34. The Morgan fingerprint density at radius 3 is 2.22 bits per heavy atom. The summed E-state index contributed by atoms with van der Waals surface area (Å²) < 4.78 is 5.83. The lowest BCUT2D eigenvalue weighted by Gasteiger charge is -2.33. The molecule has 18 heavy (non-hydrogen) atoms. The molecule has 0 unspecified atom stereocenters. The van der Waals surface area contributed by atoms with Crippen LogP contribution >= 0.6 is 0 Å². The van der Waals surface area contributed by atoms with Gasteiger partial charge in [0.15, 0.2) is 0 Å². The van der Waals surface area contributed by atoms with E-state index < -0.39 is 0 Å². The summed E-state index contributed by atoms with van der Waals surface area (Å²) in [4.78, 5) is 11.9. The van der Waals surface area contributed by atoms with E-state index in [2.05, 4.69) is 20.4 Å². The Hall–Kier alpha value is -0.790. The second-order valence-electron chi connectivity index (χ2n) is 6.20. The Labute approximate surface area is 112 Å². The van der Waals surface area contributed by atoms with Crippen molar-refractivity contribution in [3.63, 3.8) is 0 Å². The lowest BCUT2D eigenvalue weighted by Crippen LogP contribution is -2.35. The van der Waals surface area contributed by atoms with Crippen LogP contribution in [0, 0.1) is 5.92 Å². The molecule has 0 aromatic carbocycles. The standard InChI is InChI=1S/C16H28O2/c1-13(2)9-12-16(18-15(17)14(3)4)10-7-5-6-8-11-16/h13H,3,5-12H2,1-2,4H3. The smallest absolute Gasteiger partial charge is 0.333 e. The number of ether oxygens (including phenoxy) is 1. The summed E-state index contributed by atoms with van der Waals surface area (Å²) in [7, 11) is 0. The van der Waals surface area contributed by atoms with Crippen LogP contribution in [-0.2, 0) is 9.53 Å². The molecule has 1 fully saturated rings. The molecule has 2 nitrogen and oxygen atoms in total. The molecule has 1 saturated carbocycles. The Kier molecular flexibility index (Phi) is 5.90. The molecule has 0 bridgehead atoms. The van der Waals surface area contributed by atoms with Crippen molar-refractivity contribution < 1.29 is 9.53 Å². The van der Waals surface area contributed by atoms with Gasteiger partial charge < -0.3 is 4.74 Å². The van der Waals surface area contributed by atoms with Crippen molar-refractivity contribution in [2.75, 3.05) is 0 Å². The van der Waals surface area contributed by atoms with Gasteiger partial charge in [0, 0.05) is 5.57 Å². The number of rotatable bonds is 5. The van der Waals surface area contributed by atoms with Gasteiger partial charge in [-0.3, -0.25) is 0 Å². The van der Waals surface area contributed by atoms with Crippen LogP contribution in [0.25, 0.3) is 0 Å². The third-order valence-electron chi connectivity index (χ3n) is 3.85. The van der Waals surface area contributed by atoms with Gasteiger partial charge in [-0.05, 0) is 51.4 Å². The van der Waals surface area contributed by atoms with E-state index >= 15 is 0 Å². The number of esters is 1. The molecule has 0 saturated heterocycles. The molecular formula is C16H28O2. The first-order chi connectivity index (χ1) is 8.45. The molecule has 1 rings (SSSR count). The fourth-order valence-corrected chi connectivity index (χ4v) is 2.61. The molecular weight excluding hydrogens is 224 g/mol. The molecule has 0 aliphatic heterocycles. The molecule has 0 amide bonds. The first-order valence-electron chi connectivity index (χ1n) is 7.34. The minimum absolute atomic E-state index is 0.208. The normalized spacial score (nSPS) is 19.3. The average Bonchev–Trinajstić information content (AvgIpc) is 2.52. The molecule has 0 aromatic rings. The maximum absolute atomic E-state index is 11.9. The minimum atomic E-state index is -0.212. The zero-order valence-electron chi connectivity index (χ0n) is 12.3. The van der Waals surface area contributed by atoms with E-state index in [-0.39, 0.29) is 11.6 Å². The summed E-state index contributed by atoms with van der Waals surface area (Å²) in [5, 5.41) is 0. The van der Waals surface area contributed by atoms with Crippen LogP contribution in [0.15, 0.2) is 12.2 Å². The molecule has 104 valence electrons. The van der Waals surface area contributed by atoms with E-state index in [0.717, 1.165) is 25.7 Å². The van der Waals surface area contributed by atoms with Gasteiger partial charge in [-0.25, -0.2) is 4.79 Å². The van der Waals surface area contributed by atoms with Gasteiger partial charge in [0.25, 0.3) is 0 Å². The molecule has 0 atom stereocenters. The third kappa shape index (κ3) is 4.83. The highest BCUT2D eigenvalue weighted by atomic mass is 16.6. The van der Waals surface area contributed by atoms with E-state index in [1.54, 1.807) is 6.92 Å². The fourth-order valence-electron chi connectivity index (χ4n) is 2.61. The average molecular weight is 252 g/mol.